The zero-order chi connectivity index (χ0) is 8.23. The molecule has 12 heavy (non-hydrogen) atoms. The van der Waals surface area contributed by atoms with Gasteiger partial charge in [0.2, 0.25) is 0 Å². The van der Waals surface area contributed by atoms with Crippen LogP contribution in [-0.4, -0.2) is 39.0 Å². The fourth-order valence-electron chi connectivity index (χ4n) is 0.781. The van der Waals surface area contributed by atoms with Gasteiger partial charge >= 0.3 is 103 Å². The summed E-state index contributed by atoms with van der Waals surface area (Å²) in [5.41, 5.74) is 0. The third kappa shape index (κ3) is 3.60. The van der Waals surface area contributed by atoms with E-state index in [9.17, 15) is 0 Å². The number of rotatable bonds is 5. The van der Waals surface area contributed by atoms with Crippen LogP contribution in [0.2, 0.25) is 0 Å². The van der Waals surface area contributed by atoms with Crippen molar-refractivity contribution in [3.05, 3.63) is 0 Å². The second-order valence-corrected chi connectivity index (χ2v) is 21.8. The molecule has 0 aliphatic carbocycles. The molecule has 2 atom stereocenters. The summed E-state index contributed by atoms with van der Waals surface area (Å²) < 4.78 is 1.99. The third-order valence-electron chi connectivity index (χ3n) is 1.72. The van der Waals surface area contributed by atoms with Gasteiger partial charge in [-0.3, -0.25) is 0 Å². The topological polar surface area (TPSA) is 0 Å². The summed E-state index contributed by atoms with van der Waals surface area (Å²) in [5, 5.41) is 0. The van der Waals surface area contributed by atoms with Crippen molar-refractivity contribution in [1.29, 1.82) is 0 Å². The average molecular weight is 362 g/mol. The molecule has 2 heterocycles. The summed E-state index contributed by atoms with van der Waals surface area (Å²) in [6.45, 7) is 0. The van der Waals surface area contributed by atoms with Gasteiger partial charge in [-0.25, -0.2) is 0 Å². The van der Waals surface area contributed by atoms with Crippen molar-refractivity contribution in [2.75, 3.05) is 11.5 Å². The molecule has 2 rings (SSSR count). The molecule has 2 aliphatic heterocycles. The van der Waals surface area contributed by atoms with Gasteiger partial charge in [0.1, 0.15) is 0 Å². The maximum atomic E-state index is 2.33. The van der Waals surface area contributed by atoms with Gasteiger partial charge in [-0.05, 0) is 0 Å². The van der Waals surface area contributed by atoms with Crippen LogP contribution in [-0.2, 0) is 0 Å². The van der Waals surface area contributed by atoms with Gasteiger partial charge in [0, 0.05) is 0 Å². The fourth-order valence-corrected chi connectivity index (χ4v) is 28.5. The van der Waals surface area contributed by atoms with E-state index in [4.69, 9.17) is 0 Å². The van der Waals surface area contributed by atoms with Crippen molar-refractivity contribution < 1.29 is 0 Å². The van der Waals surface area contributed by atoms with Gasteiger partial charge in [-0.2, -0.15) is 0 Å². The maximum absolute atomic E-state index is 2.33. The standard InChI is InChI=1S/C3H6S3.C3H6S2.Sn.H/c4-6-3-1-2-5-3;4-3-1-2-5-3;;/h3-4H,1-2H2;3-4H,1-2H2;;/q;;+2;/p-2. The first-order valence-electron chi connectivity index (χ1n) is 3.97. The van der Waals surface area contributed by atoms with Crippen molar-refractivity contribution in [3.8, 4) is 0 Å². The van der Waals surface area contributed by atoms with Crippen LogP contribution in [0.1, 0.15) is 12.8 Å². The molecule has 0 nitrogen and oxygen atoms in total. The second kappa shape index (κ2) is 6.20. The summed E-state index contributed by atoms with van der Waals surface area (Å²) in [5.74, 6) is 2.84. The Morgan fingerprint density at radius 2 is 1.75 bits per heavy atom. The van der Waals surface area contributed by atoms with E-state index in [0.29, 0.717) is 0 Å². The Balaban J connectivity index is 1.40. The van der Waals surface area contributed by atoms with Gasteiger partial charge in [0.25, 0.3) is 0 Å². The Hall–Kier alpha value is 2.55. The number of thioether (sulfide) groups is 2. The Kier molecular flexibility index (Phi) is 5.71. The predicted molar refractivity (Wildman–Crippen MR) is 71.6 cm³/mol. The van der Waals surface area contributed by atoms with E-state index in [1.807, 2.05) is 0 Å². The van der Waals surface area contributed by atoms with E-state index in [-0.39, 0.29) is 18.4 Å². The summed E-state index contributed by atoms with van der Waals surface area (Å²) >= 11 is 4.04. The molecule has 2 saturated heterocycles. The Bertz CT molecular complexity index is 120. The minimum absolute atomic E-state index is 0.273. The van der Waals surface area contributed by atoms with Gasteiger partial charge < -0.3 is 0 Å². The van der Waals surface area contributed by atoms with E-state index in [1.165, 1.54) is 24.3 Å². The molecule has 2 unspecified atom stereocenters. The molecule has 0 saturated carbocycles. The van der Waals surface area contributed by atoms with E-state index < -0.39 is 0 Å². The van der Waals surface area contributed by atoms with E-state index >= 15 is 0 Å². The zero-order valence-corrected chi connectivity index (χ0v) is 14.0. The average Bonchev–Trinajstić information content (AvgIpc) is 1.88. The molecule has 69 valence electrons. The Morgan fingerprint density at radius 1 is 1.08 bits per heavy atom. The van der Waals surface area contributed by atoms with Crippen LogP contribution in [0, 0.1) is 0 Å². The number of hydrogen-bond donors (Lipinski definition) is 0. The van der Waals surface area contributed by atoms with Crippen LogP contribution in [0.25, 0.3) is 0 Å². The first-order chi connectivity index (χ1) is 5.95. The molecule has 0 aromatic rings. The van der Waals surface area contributed by atoms with Crippen molar-refractivity contribution in [2.45, 2.75) is 22.0 Å². The van der Waals surface area contributed by atoms with E-state index in [2.05, 4.69) is 51.2 Å². The SMILES string of the molecule is C1CC(S[S][SnH][S]C2CCS2)S1. The molecule has 2 aliphatic rings. The first kappa shape index (κ1) is 11.0. The molecule has 0 aromatic carbocycles. The Labute approximate surface area is 102 Å². The van der Waals surface area contributed by atoms with Gasteiger partial charge in [-0.1, -0.05) is 0 Å². The van der Waals surface area contributed by atoms with Gasteiger partial charge in [0.15, 0.2) is 0 Å². The van der Waals surface area contributed by atoms with Crippen molar-refractivity contribution in [3.63, 3.8) is 0 Å². The molecular weight excluding hydrogens is 351 g/mol. The fraction of sp³-hybridized carbons (Fsp3) is 1.00. The number of hydrogen-bond acceptors (Lipinski definition) is 5. The Morgan fingerprint density at radius 3 is 2.25 bits per heavy atom. The van der Waals surface area contributed by atoms with Crippen LogP contribution in [0.4, 0.5) is 0 Å². The first-order valence-corrected chi connectivity index (χ1v) is 17.4. The molecule has 0 aromatic heterocycles. The summed E-state index contributed by atoms with van der Waals surface area (Å²) in [6.07, 6.45) is 2.96. The molecule has 0 bridgehead atoms. The van der Waals surface area contributed by atoms with Crippen LogP contribution < -0.4 is 0 Å². The van der Waals surface area contributed by atoms with Crippen LogP contribution >= 0.6 is 51.2 Å². The van der Waals surface area contributed by atoms with Crippen LogP contribution in [0.3, 0.4) is 0 Å². The summed E-state index contributed by atoms with van der Waals surface area (Å²) in [4.78, 5) is 0. The predicted octanol–water partition coefficient (Wildman–Crippen LogP) is 3.29. The molecule has 6 heteroatoms. The molecule has 0 N–H and O–H groups in total. The third-order valence-corrected chi connectivity index (χ3v) is 25.5. The zero-order valence-electron chi connectivity index (χ0n) is 6.60. The quantitative estimate of drug-likeness (QED) is 0.417. The minimum atomic E-state index is -0.273. The normalized spacial score (nSPS) is 34.0. The van der Waals surface area contributed by atoms with E-state index in [0.717, 1.165) is 9.16 Å². The van der Waals surface area contributed by atoms with Crippen molar-refractivity contribution >= 4 is 69.6 Å². The van der Waals surface area contributed by atoms with Gasteiger partial charge in [-0.15, -0.1) is 0 Å². The van der Waals surface area contributed by atoms with Crippen molar-refractivity contribution in [1.82, 2.24) is 0 Å². The molecule has 0 amide bonds. The molecule has 2 fully saturated rings. The van der Waals surface area contributed by atoms with Gasteiger partial charge in [0.05, 0.1) is 0 Å². The summed E-state index contributed by atoms with van der Waals surface area (Å²) in [7, 11) is 6.75. The van der Waals surface area contributed by atoms with Crippen molar-refractivity contribution in [2.24, 2.45) is 0 Å². The molecular formula is C6H11S5Sn. The molecule has 1 radical (unpaired) electrons. The van der Waals surface area contributed by atoms with Crippen LogP contribution in [0.15, 0.2) is 0 Å². The summed E-state index contributed by atoms with van der Waals surface area (Å²) in [6, 6.07) is 0. The van der Waals surface area contributed by atoms with Crippen LogP contribution in [0.5, 0.6) is 0 Å². The van der Waals surface area contributed by atoms with E-state index in [1.54, 1.807) is 0 Å². The monoisotopic (exact) mass is 363 g/mol. The second-order valence-electron chi connectivity index (χ2n) is 2.60. The molecule has 0 spiro atoms.